The molecule has 1 aromatic carbocycles. The minimum absolute atomic E-state index is 0.266. The predicted molar refractivity (Wildman–Crippen MR) is 51.9 cm³/mol. The van der Waals surface area contributed by atoms with E-state index in [-0.39, 0.29) is 11.1 Å². The van der Waals surface area contributed by atoms with Gasteiger partial charge in [0, 0.05) is 5.56 Å². The lowest BCUT2D eigenvalue weighted by molar-refractivity contribution is 0.0690. The molecule has 0 aromatic heterocycles. The van der Waals surface area contributed by atoms with Gasteiger partial charge in [-0.25, -0.2) is 4.79 Å². The number of hydrogen-bond donors (Lipinski definition) is 4. The highest BCUT2D eigenvalue weighted by molar-refractivity contribution is 5.91. The second kappa shape index (κ2) is 4.02. The molecule has 15 heavy (non-hydrogen) atoms. The van der Waals surface area contributed by atoms with Gasteiger partial charge in [-0.3, -0.25) is 0 Å². The van der Waals surface area contributed by atoms with Crippen LogP contribution in [0, 0.1) is 0 Å². The molecule has 0 bridgehead atoms. The predicted octanol–water partition coefficient (Wildman–Crippen LogP) is 1.02. The minimum atomic E-state index is -1.34. The third-order valence-corrected chi connectivity index (χ3v) is 1.95. The van der Waals surface area contributed by atoms with E-state index in [0.717, 1.165) is 18.2 Å². The molecule has 5 heteroatoms. The Morgan fingerprint density at radius 3 is 2.47 bits per heavy atom. The van der Waals surface area contributed by atoms with Crippen LogP contribution >= 0.6 is 0 Å². The first kappa shape index (κ1) is 11.1. The molecule has 1 rings (SSSR count). The lowest BCUT2D eigenvalue weighted by Gasteiger charge is -2.12. The van der Waals surface area contributed by atoms with Crippen LogP contribution in [0.15, 0.2) is 24.8 Å². The van der Waals surface area contributed by atoms with E-state index in [1.165, 1.54) is 0 Å². The molecule has 0 spiro atoms. The molecular formula is C10H10O5. The smallest absolute Gasteiger partial charge is 0.336 e. The summed E-state index contributed by atoms with van der Waals surface area (Å²) in [5.41, 5.74) is -0.546. The van der Waals surface area contributed by atoms with Crippen LogP contribution in [0.3, 0.4) is 0 Å². The van der Waals surface area contributed by atoms with Crippen molar-refractivity contribution in [1.82, 2.24) is 0 Å². The van der Waals surface area contributed by atoms with E-state index in [0.29, 0.717) is 0 Å². The number of carbonyl (C=O) groups is 1. The zero-order valence-corrected chi connectivity index (χ0v) is 7.71. The van der Waals surface area contributed by atoms with Gasteiger partial charge in [-0.2, -0.15) is 0 Å². The van der Waals surface area contributed by atoms with E-state index in [1.54, 1.807) is 0 Å². The van der Waals surface area contributed by atoms with Crippen LogP contribution in [-0.2, 0) is 0 Å². The number of hydrogen-bond acceptors (Lipinski definition) is 4. The second-order valence-corrected chi connectivity index (χ2v) is 2.88. The lowest BCUT2D eigenvalue weighted by atomic mass is 10.0. The average Bonchev–Trinajstić information content (AvgIpc) is 2.20. The average molecular weight is 210 g/mol. The normalized spacial score (nSPS) is 12.1. The number of aromatic carboxylic acids is 1. The highest BCUT2D eigenvalue weighted by atomic mass is 16.4. The SMILES string of the molecule is C=CC(O)c1c(C(=O)O)ccc(O)c1O. The summed E-state index contributed by atoms with van der Waals surface area (Å²) < 4.78 is 0. The molecule has 5 nitrogen and oxygen atoms in total. The van der Waals surface area contributed by atoms with Crippen LogP contribution in [0.5, 0.6) is 11.5 Å². The van der Waals surface area contributed by atoms with Gasteiger partial charge in [-0.1, -0.05) is 6.08 Å². The zero-order chi connectivity index (χ0) is 11.6. The molecule has 0 fully saturated rings. The van der Waals surface area contributed by atoms with Crippen molar-refractivity contribution in [2.45, 2.75) is 6.10 Å². The van der Waals surface area contributed by atoms with Crippen LogP contribution in [0.1, 0.15) is 22.0 Å². The highest BCUT2D eigenvalue weighted by Crippen LogP contribution is 2.35. The number of benzene rings is 1. The number of carboxylic acids is 1. The quantitative estimate of drug-likeness (QED) is 0.441. The molecule has 1 unspecified atom stereocenters. The van der Waals surface area contributed by atoms with Crippen molar-refractivity contribution in [1.29, 1.82) is 0 Å². The summed E-state index contributed by atoms with van der Waals surface area (Å²) >= 11 is 0. The van der Waals surface area contributed by atoms with E-state index in [9.17, 15) is 15.0 Å². The fourth-order valence-electron chi connectivity index (χ4n) is 1.20. The van der Waals surface area contributed by atoms with Crippen molar-refractivity contribution in [3.05, 3.63) is 35.9 Å². The van der Waals surface area contributed by atoms with Gasteiger partial charge in [0.25, 0.3) is 0 Å². The number of phenolic OH excluding ortho intramolecular Hbond substituents is 2. The van der Waals surface area contributed by atoms with E-state index in [1.807, 2.05) is 0 Å². The maximum Gasteiger partial charge on any atom is 0.336 e. The number of carboxylic acid groups (broad SMARTS) is 1. The fraction of sp³-hybridized carbons (Fsp3) is 0.100. The molecule has 0 aliphatic heterocycles. The highest BCUT2D eigenvalue weighted by Gasteiger charge is 2.21. The van der Waals surface area contributed by atoms with Gasteiger partial charge in [0.15, 0.2) is 11.5 Å². The molecule has 0 aliphatic carbocycles. The Morgan fingerprint density at radius 1 is 1.40 bits per heavy atom. The number of aliphatic hydroxyl groups excluding tert-OH is 1. The van der Waals surface area contributed by atoms with Gasteiger partial charge in [-0.15, -0.1) is 6.58 Å². The first-order valence-electron chi connectivity index (χ1n) is 4.07. The Morgan fingerprint density at radius 2 is 2.00 bits per heavy atom. The van der Waals surface area contributed by atoms with Crippen molar-refractivity contribution < 1.29 is 25.2 Å². The summed E-state index contributed by atoms with van der Waals surface area (Å²) in [5.74, 6) is -2.44. The van der Waals surface area contributed by atoms with Gasteiger partial charge in [0.1, 0.15) is 6.10 Å². The number of aliphatic hydroxyl groups is 1. The summed E-state index contributed by atoms with van der Waals surface area (Å²) in [5, 5.41) is 36.8. The first-order chi connectivity index (χ1) is 6.99. The van der Waals surface area contributed by atoms with Crippen molar-refractivity contribution in [2.24, 2.45) is 0 Å². The van der Waals surface area contributed by atoms with Gasteiger partial charge in [0.2, 0.25) is 0 Å². The lowest BCUT2D eigenvalue weighted by Crippen LogP contribution is -2.06. The van der Waals surface area contributed by atoms with E-state index < -0.39 is 23.6 Å². The van der Waals surface area contributed by atoms with E-state index in [2.05, 4.69) is 6.58 Å². The van der Waals surface area contributed by atoms with Gasteiger partial charge in [0.05, 0.1) is 5.56 Å². The van der Waals surface area contributed by atoms with Crippen LogP contribution in [0.4, 0.5) is 0 Å². The van der Waals surface area contributed by atoms with Crippen LogP contribution in [0.2, 0.25) is 0 Å². The van der Waals surface area contributed by atoms with Crippen molar-refractivity contribution in [2.75, 3.05) is 0 Å². The van der Waals surface area contributed by atoms with Crippen LogP contribution in [0.25, 0.3) is 0 Å². The summed E-state index contributed by atoms with van der Waals surface area (Å²) in [4.78, 5) is 10.8. The van der Waals surface area contributed by atoms with Crippen LogP contribution in [-0.4, -0.2) is 26.4 Å². The fourth-order valence-corrected chi connectivity index (χ4v) is 1.20. The van der Waals surface area contributed by atoms with Gasteiger partial charge in [-0.05, 0) is 12.1 Å². The number of phenols is 2. The van der Waals surface area contributed by atoms with Crippen molar-refractivity contribution in [3.63, 3.8) is 0 Å². The molecule has 0 saturated carbocycles. The molecule has 0 saturated heterocycles. The standard InChI is InChI=1S/C10H10O5/c1-2-6(11)8-5(10(14)15)3-4-7(12)9(8)13/h2-4,6,11-13H,1H2,(H,14,15). The summed E-state index contributed by atoms with van der Waals surface area (Å²) in [6, 6.07) is 2.14. The maximum atomic E-state index is 10.8. The number of aromatic hydroxyl groups is 2. The molecule has 80 valence electrons. The van der Waals surface area contributed by atoms with Crippen molar-refractivity contribution >= 4 is 5.97 Å². The Labute approximate surface area is 85.5 Å². The van der Waals surface area contributed by atoms with E-state index in [4.69, 9.17) is 10.2 Å². The van der Waals surface area contributed by atoms with Gasteiger partial charge >= 0.3 is 5.97 Å². The summed E-state index contributed by atoms with van der Waals surface area (Å²) in [6.07, 6.45) is -0.288. The monoisotopic (exact) mass is 210 g/mol. The number of rotatable bonds is 3. The van der Waals surface area contributed by atoms with Gasteiger partial charge < -0.3 is 20.4 Å². The molecule has 1 aromatic rings. The minimum Gasteiger partial charge on any atom is -0.504 e. The largest absolute Gasteiger partial charge is 0.504 e. The molecule has 1 atom stereocenters. The van der Waals surface area contributed by atoms with Crippen LogP contribution < -0.4 is 0 Å². The Balaban J connectivity index is 3.48. The Bertz CT molecular complexity index is 411. The molecule has 0 aliphatic rings. The van der Waals surface area contributed by atoms with Crippen molar-refractivity contribution in [3.8, 4) is 11.5 Å². The van der Waals surface area contributed by atoms with E-state index >= 15 is 0 Å². The second-order valence-electron chi connectivity index (χ2n) is 2.88. The zero-order valence-electron chi connectivity index (χ0n) is 7.71. The topological polar surface area (TPSA) is 98.0 Å². The summed E-state index contributed by atoms with van der Waals surface area (Å²) in [6.45, 7) is 3.27. The Kier molecular flexibility index (Phi) is 2.96. The molecule has 0 radical (unpaired) electrons. The molecule has 4 N–H and O–H groups in total. The third kappa shape index (κ3) is 1.92. The Hall–Kier alpha value is -2.01. The maximum absolute atomic E-state index is 10.8. The molecule has 0 heterocycles. The summed E-state index contributed by atoms with van der Waals surface area (Å²) in [7, 11) is 0. The molecule has 0 amide bonds. The third-order valence-electron chi connectivity index (χ3n) is 1.95. The first-order valence-corrected chi connectivity index (χ1v) is 4.07. The molecular weight excluding hydrogens is 200 g/mol.